The monoisotopic (exact) mass is 854 g/mol. The molecule has 2 amide bonds. The van der Waals surface area contributed by atoms with E-state index in [0.717, 1.165) is 134 Å². The Morgan fingerprint density at radius 1 is 0.562 bits per heavy atom. The number of imidazole rings is 2. The molecule has 0 spiro atoms. The molecule has 64 heavy (non-hydrogen) atoms. The predicted octanol–water partition coefficient (Wildman–Crippen LogP) is 9.51. The van der Waals surface area contributed by atoms with Gasteiger partial charge in [-0.05, 0) is 148 Å². The average Bonchev–Trinajstić information content (AvgIpc) is 3.97. The zero-order valence-corrected chi connectivity index (χ0v) is 37.5. The highest BCUT2D eigenvalue weighted by Gasteiger charge is 2.33. The van der Waals surface area contributed by atoms with Crippen molar-refractivity contribution < 1.29 is 19.1 Å². The second-order valence-corrected chi connectivity index (χ2v) is 17.6. The molecule has 328 valence electrons. The van der Waals surface area contributed by atoms with E-state index in [4.69, 9.17) is 9.47 Å². The number of fused-ring (bicyclic) bond motifs is 2. The van der Waals surface area contributed by atoms with Crippen LogP contribution in [0.15, 0.2) is 121 Å². The molecule has 0 radical (unpaired) electrons. The van der Waals surface area contributed by atoms with Crippen LogP contribution >= 0.6 is 0 Å². The maximum Gasteiger partial charge on any atom is 0.250 e. The Kier molecular flexibility index (Phi) is 12.6. The molecule has 2 saturated heterocycles. The molecule has 2 aliphatic carbocycles. The molecular formula is C54H58N6O4. The van der Waals surface area contributed by atoms with Crippen molar-refractivity contribution in [1.29, 1.82) is 0 Å². The number of piperidine rings is 2. The van der Waals surface area contributed by atoms with Crippen LogP contribution in [-0.2, 0) is 35.3 Å². The minimum absolute atomic E-state index is 0.189. The number of rotatable bonds is 8. The highest BCUT2D eigenvalue weighted by Crippen LogP contribution is 2.33. The topological polar surface area (TPSA) is 94.7 Å². The Morgan fingerprint density at radius 2 is 0.984 bits per heavy atom. The summed E-state index contributed by atoms with van der Waals surface area (Å²) in [5.41, 5.74) is 13.2. The van der Waals surface area contributed by atoms with Crippen LogP contribution in [-0.4, -0.2) is 80.1 Å². The molecule has 4 heterocycles. The first-order valence-electron chi connectivity index (χ1n) is 22.8. The van der Waals surface area contributed by atoms with E-state index >= 15 is 0 Å². The number of nitrogens with zero attached hydrogens (tertiary/aromatic N) is 6. The molecule has 6 aromatic rings. The van der Waals surface area contributed by atoms with Gasteiger partial charge in [-0.25, -0.2) is 9.97 Å². The van der Waals surface area contributed by atoms with Crippen LogP contribution in [0.3, 0.4) is 0 Å². The summed E-state index contributed by atoms with van der Waals surface area (Å²) in [6, 6.07) is 30.0. The fourth-order valence-electron chi connectivity index (χ4n) is 10.0. The summed E-state index contributed by atoms with van der Waals surface area (Å²) in [4.78, 5) is 39.6. The van der Waals surface area contributed by atoms with Gasteiger partial charge < -0.3 is 28.4 Å². The van der Waals surface area contributed by atoms with Gasteiger partial charge in [0.15, 0.2) is 0 Å². The molecular weight excluding hydrogens is 797 g/mol. The minimum Gasteiger partial charge on any atom is -0.495 e. The standard InChI is InChI=1S/2C27H29N3O2/c2*1-19-17-29(18-28-19)25-12-9-20(15-26(25)32-2)14-23-8-5-13-30(27(23)31)24-11-10-21-6-3-4-7-22(21)16-24/h2*3-4,6-7,9,12,14-15,17-18,24H,5,8,10-11,13,16H2,1-2H3/b2*23-14+/t2*24-/m10/s1. The second-order valence-electron chi connectivity index (χ2n) is 17.6. The Labute approximate surface area is 376 Å². The van der Waals surface area contributed by atoms with Crippen LogP contribution in [0.25, 0.3) is 23.5 Å². The van der Waals surface area contributed by atoms with Gasteiger partial charge in [0.25, 0.3) is 0 Å². The lowest BCUT2D eigenvalue weighted by Gasteiger charge is -2.38. The molecule has 2 fully saturated rings. The lowest BCUT2D eigenvalue weighted by Crippen LogP contribution is -2.46. The number of likely N-dealkylation sites (tertiary alicyclic amines) is 2. The summed E-state index contributed by atoms with van der Waals surface area (Å²) in [5.74, 6) is 1.91. The number of aromatic nitrogens is 4. The molecule has 2 atom stereocenters. The number of hydrogen-bond donors (Lipinski definition) is 0. The highest BCUT2D eigenvalue weighted by molar-refractivity contribution is 5.99. The number of aryl methyl sites for hydroxylation is 4. The molecule has 4 aliphatic rings. The fourth-order valence-corrected chi connectivity index (χ4v) is 10.0. The number of amides is 2. The van der Waals surface area contributed by atoms with Crippen molar-refractivity contribution in [3.05, 3.63) is 166 Å². The van der Waals surface area contributed by atoms with Crippen molar-refractivity contribution in [3.63, 3.8) is 0 Å². The number of carbonyl (C=O) groups excluding carboxylic acids is 2. The molecule has 10 rings (SSSR count). The molecule has 10 nitrogen and oxygen atoms in total. The average molecular weight is 855 g/mol. The zero-order chi connectivity index (χ0) is 44.2. The summed E-state index contributed by atoms with van der Waals surface area (Å²) in [6.07, 6.45) is 21.4. The van der Waals surface area contributed by atoms with Gasteiger partial charge in [-0.2, -0.15) is 0 Å². The van der Waals surface area contributed by atoms with E-state index in [0.29, 0.717) is 12.1 Å². The Morgan fingerprint density at radius 3 is 1.38 bits per heavy atom. The first-order chi connectivity index (χ1) is 31.2. The van der Waals surface area contributed by atoms with Crippen LogP contribution < -0.4 is 9.47 Å². The van der Waals surface area contributed by atoms with Crippen molar-refractivity contribution in [3.8, 4) is 22.9 Å². The van der Waals surface area contributed by atoms with E-state index in [1.54, 1.807) is 26.9 Å². The van der Waals surface area contributed by atoms with E-state index in [2.05, 4.69) is 68.3 Å². The molecule has 4 aromatic carbocycles. The molecule has 0 N–H and O–H groups in total. The van der Waals surface area contributed by atoms with Gasteiger partial charge in [-0.15, -0.1) is 0 Å². The maximum atomic E-state index is 13.4. The molecule has 2 aliphatic heterocycles. The van der Waals surface area contributed by atoms with Crippen LogP contribution in [0.2, 0.25) is 0 Å². The third kappa shape index (κ3) is 9.18. The molecule has 2 aromatic heterocycles. The van der Waals surface area contributed by atoms with Crippen molar-refractivity contribution in [2.24, 2.45) is 0 Å². The third-order valence-electron chi connectivity index (χ3n) is 13.4. The van der Waals surface area contributed by atoms with Gasteiger partial charge in [0, 0.05) is 48.7 Å². The van der Waals surface area contributed by atoms with Crippen LogP contribution in [0.4, 0.5) is 0 Å². The highest BCUT2D eigenvalue weighted by atomic mass is 16.5. The van der Waals surface area contributed by atoms with Crippen LogP contribution in [0.5, 0.6) is 11.5 Å². The van der Waals surface area contributed by atoms with Gasteiger partial charge in [0.2, 0.25) is 11.8 Å². The van der Waals surface area contributed by atoms with Gasteiger partial charge >= 0.3 is 0 Å². The Hall–Kier alpha value is -6.68. The van der Waals surface area contributed by atoms with Crippen molar-refractivity contribution in [1.82, 2.24) is 28.9 Å². The third-order valence-corrected chi connectivity index (χ3v) is 13.4. The molecule has 0 unspecified atom stereocenters. The second kappa shape index (κ2) is 19.0. The molecule has 10 heteroatoms. The van der Waals surface area contributed by atoms with Crippen molar-refractivity contribution >= 4 is 24.0 Å². The van der Waals surface area contributed by atoms with E-state index in [1.165, 1.54) is 22.3 Å². The van der Waals surface area contributed by atoms with Crippen molar-refractivity contribution in [2.75, 3.05) is 27.3 Å². The first kappa shape index (κ1) is 42.6. The number of methoxy groups -OCH3 is 2. The molecule has 0 saturated carbocycles. The summed E-state index contributed by atoms with van der Waals surface area (Å²) in [5, 5.41) is 0. The van der Waals surface area contributed by atoms with E-state index < -0.39 is 0 Å². The minimum atomic E-state index is 0.189. The summed E-state index contributed by atoms with van der Waals surface area (Å²) < 4.78 is 15.2. The number of ether oxygens (including phenoxy) is 2. The van der Waals surface area contributed by atoms with Gasteiger partial charge in [0.1, 0.15) is 11.5 Å². The van der Waals surface area contributed by atoms with E-state index in [1.807, 2.05) is 83.9 Å². The SMILES string of the molecule is COc1cc(/C=C2\CCCN([C@@H]3CCc4ccccc4C3)C2=O)ccc1-n1cnc(C)c1.COc1cc(/C=C2\CCCN([C@H]3CCc4ccccc4C3)C2=O)ccc1-n1cnc(C)c1. The first-order valence-corrected chi connectivity index (χ1v) is 22.8. The van der Waals surface area contributed by atoms with Crippen molar-refractivity contribution in [2.45, 2.75) is 90.1 Å². The summed E-state index contributed by atoms with van der Waals surface area (Å²) >= 11 is 0. The Balaban J connectivity index is 0.000000162. The summed E-state index contributed by atoms with van der Waals surface area (Å²) in [6.45, 7) is 5.64. The normalized spacial score (nSPS) is 19.8. The largest absolute Gasteiger partial charge is 0.495 e. The zero-order valence-electron chi connectivity index (χ0n) is 37.5. The maximum absolute atomic E-state index is 13.4. The quantitative estimate of drug-likeness (QED) is 0.142. The van der Waals surface area contributed by atoms with Gasteiger partial charge in [-0.1, -0.05) is 60.7 Å². The van der Waals surface area contributed by atoms with Crippen LogP contribution in [0.1, 0.15) is 83.3 Å². The number of benzene rings is 4. The number of hydrogen-bond acceptors (Lipinski definition) is 6. The fraction of sp³-hybridized carbons (Fsp3) is 0.333. The van der Waals surface area contributed by atoms with Crippen LogP contribution in [0, 0.1) is 13.8 Å². The van der Waals surface area contributed by atoms with Gasteiger partial charge in [-0.3, -0.25) is 9.59 Å². The smallest absolute Gasteiger partial charge is 0.250 e. The lowest BCUT2D eigenvalue weighted by molar-refractivity contribution is -0.132. The predicted molar refractivity (Wildman–Crippen MR) is 252 cm³/mol. The van der Waals surface area contributed by atoms with E-state index in [9.17, 15) is 9.59 Å². The lowest BCUT2D eigenvalue weighted by atomic mass is 9.86. The van der Waals surface area contributed by atoms with E-state index in [-0.39, 0.29) is 11.8 Å². The number of carbonyl (C=O) groups is 2. The Bertz CT molecular complexity index is 2540. The summed E-state index contributed by atoms with van der Waals surface area (Å²) in [7, 11) is 3.35. The molecule has 0 bridgehead atoms. The van der Waals surface area contributed by atoms with Gasteiger partial charge in [0.05, 0.1) is 49.6 Å².